The van der Waals surface area contributed by atoms with E-state index in [2.05, 4.69) is 10.6 Å². The Bertz CT molecular complexity index is 1220. The van der Waals surface area contributed by atoms with E-state index in [-0.39, 0.29) is 11.7 Å². The molecule has 0 saturated carbocycles. The van der Waals surface area contributed by atoms with Crippen molar-refractivity contribution >= 4 is 28.8 Å². The summed E-state index contributed by atoms with van der Waals surface area (Å²) in [5.41, 5.74) is 4.12. The first-order valence-corrected chi connectivity index (χ1v) is 10.2. The Morgan fingerprint density at radius 2 is 1.16 bits per heavy atom. The number of anilines is 3. The molecule has 0 atom stereocenters. The van der Waals surface area contributed by atoms with E-state index < -0.39 is 0 Å². The summed E-state index contributed by atoms with van der Waals surface area (Å²) < 4.78 is 5.27. The largest absolute Gasteiger partial charge is 0.495 e. The Kier molecular flexibility index (Phi) is 6.28. The molecular formula is C27H22N2O3. The summed E-state index contributed by atoms with van der Waals surface area (Å²) in [6, 6.07) is 30.9. The molecular weight excluding hydrogens is 400 g/mol. The fourth-order valence-corrected chi connectivity index (χ4v) is 3.28. The molecule has 0 unspecified atom stereocenters. The zero-order chi connectivity index (χ0) is 22.3. The lowest BCUT2D eigenvalue weighted by atomic mass is 10.0. The van der Waals surface area contributed by atoms with Crippen LogP contribution in [-0.2, 0) is 0 Å². The van der Waals surface area contributed by atoms with E-state index in [0.29, 0.717) is 28.1 Å². The highest BCUT2D eigenvalue weighted by atomic mass is 16.5. The van der Waals surface area contributed by atoms with Gasteiger partial charge >= 0.3 is 0 Å². The molecule has 5 heteroatoms. The SMILES string of the molecule is COc1ccccc1NC(=O)c1ccc(Nc2ccc(C(=O)c3ccccc3)cc2)cc1. The fraction of sp³-hybridized carbons (Fsp3) is 0.0370. The maximum absolute atomic E-state index is 12.6. The van der Waals surface area contributed by atoms with Crippen LogP contribution in [0.1, 0.15) is 26.3 Å². The van der Waals surface area contributed by atoms with Crippen LogP contribution in [0.25, 0.3) is 0 Å². The van der Waals surface area contributed by atoms with Gasteiger partial charge in [-0.05, 0) is 60.7 Å². The number of hydrogen-bond donors (Lipinski definition) is 2. The van der Waals surface area contributed by atoms with Crippen LogP contribution in [0.2, 0.25) is 0 Å². The molecule has 1 amide bonds. The Labute approximate surface area is 186 Å². The molecule has 0 spiro atoms. The van der Waals surface area contributed by atoms with E-state index in [1.165, 1.54) is 0 Å². The van der Waals surface area contributed by atoms with E-state index in [9.17, 15) is 9.59 Å². The highest BCUT2D eigenvalue weighted by Gasteiger charge is 2.10. The summed E-state index contributed by atoms with van der Waals surface area (Å²) in [6.45, 7) is 0. The standard InChI is InChI=1S/C27H22N2O3/c1-32-25-10-6-5-9-24(25)29-27(31)21-13-17-23(18-14-21)28-22-15-11-20(12-16-22)26(30)19-7-3-2-4-8-19/h2-18,28H,1H3,(H,29,31). The number of benzene rings is 4. The van der Waals surface area contributed by atoms with Crippen molar-refractivity contribution in [3.8, 4) is 5.75 Å². The number of methoxy groups -OCH3 is 1. The van der Waals surface area contributed by atoms with Gasteiger partial charge in [0.2, 0.25) is 0 Å². The first-order chi connectivity index (χ1) is 15.6. The van der Waals surface area contributed by atoms with Gasteiger partial charge in [-0.25, -0.2) is 0 Å². The Balaban J connectivity index is 1.40. The molecule has 4 rings (SSSR count). The second-order valence-corrected chi connectivity index (χ2v) is 7.13. The quantitative estimate of drug-likeness (QED) is 0.363. The van der Waals surface area contributed by atoms with Crippen LogP contribution in [0.4, 0.5) is 17.1 Å². The molecule has 5 nitrogen and oxygen atoms in total. The van der Waals surface area contributed by atoms with E-state index in [1.807, 2.05) is 54.6 Å². The van der Waals surface area contributed by atoms with Gasteiger partial charge < -0.3 is 15.4 Å². The third-order valence-electron chi connectivity index (χ3n) is 4.97. The lowest BCUT2D eigenvalue weighted by Crippen LogP contribution is -2.12. The number of rotatable bonds is 7. The maximum atomic E-state index is 12.6. The number of amides is 1. The van der Waals surface area contributed by atoms with Gasteiger partial charge in [-0.2, -0.15) is 0 Å². The zero-order valence-electron chi connectivity index (χ0n) is 17.5. The summed E-state index contributed by atoms with van der Waals surface area (Å²) >= 11 is 0. The minimum Gasteiger partial charge on any atom is -0.495 e. The molecule has 0 heterocycles. The van der Waals surface area contributed by atoms with Crippen molar-refractivity contribution in [2.75, 3.05) is 17.7 Å². The minimum atomic E-state index is -0.218. The monoisotopic (exact) mass is 422 g/mol. The van der Waals surface area contributed by atoms with Crippen molar-refractivity contribution in [2.24, 2.45) is 0 Å². The zero-order valence-corrected chi connectivity index (χ0v) is 17.5. The minimum absolute atomic E-state index is 0.0115. The third-order valence-corrected chi connectivity index (χ3v) is 4.97. The van der Waals surface area contributed by atoms with Crippen LogP contribution < -0.4 is 15.4 Å². The predicted molar refractivity (Wildman–Crippen MR) is 127 cm³/mol. The third kappa shape index (κ3) is 4.84. The lowest BCUT2D eigenvalue weighted by Gasteiger charge is -2.11. The van der Waals surface area contributed by atoms with Gasteiger partial charge in [0.25, 0.3) is 5.91 Å². The van der Waals surface area contributed by atoms with E-state index in [1.54, 1.807) is 55.6 Å². The molecule has 4 aromatic carbocycles. The van der Waals surface area contributed by atoms with Crippen molar-refractivity contribution in [3.63, 3.8) is 0 Å². The van der Waals surface area contributed by atoms with Crippen LogP contribution in [0.15, 0.2) is 103 Å². The van der Waals surface area contributed by atoms with Crippen LogP contribution in [0.3, 0.4) is 0 Å². The van der Waals surface area contributed by atoms with Crippen LogP contribution in [0.5, 0.6) is 5.75 Å². The number of carbonyl (C=O) groups is 2. The average Bonchev–Trinajstić information content (AvgIpc) is 2.85. The van der Waals surface area contributed by atoms with Crippen molar-refractivity contribution < 1.29 is 14.3 Å². The highest BCUT2D eigenvalue weighted by Crippen LogP contribution is 2.24. The summed E-state index contributed by atoms with van der Waals surface area (Å²) in [4.78, 5) is 25.1. The summed E-state index contributed by atoms with van der Waals surface area (Å²) in [7, 11) is 1.57. The summed E-state index contributed by atoms with van der Waals surface area (Å²) in [5.74, 6) is 0.376. The van der Waals surface area contributed by atoms with Crippen LogP contribution >= 0.6 is 0 Å². The topological polar surface area (TPSA) is 67.4 Å². The molecule has 0 aliphatic heterocycles. The smallest absolute Gasteiger partial charge is 0.255 e. The van der Waals surface area contributed by atoms with Crippen LogP contribution in [0, 0.1) is 0 Å². The fourth-order valence-electron chi connectivity index (χ4n) is 3.28. The molecule has 0 aromatic heterocycles. The Morgan fingerprint density at radius 3 is 1.78 bits per heavy atom. The molecule has 0 saturated heterocycles. The lowest BCUT2D eigenvalue weighted by molar-refractivity contribution is 0.102. The first-order valence-electron chi connectivity index (χ1n) is 10.2. The Hall–Kier alpha value is -4.38. The van der Waals surface area contributed by atoms with Gasteiger partial charge in [0, 0.05) is 28.1 Å². The van der Waals surface area contributed by atoms with Crippen molar-refractivity contribution in [1.29, 1.82) is 0 Å². The van der Waals surface area contributed by atoms with E-state index >= 15 is 0 Å². The van der Waals surface area contributed by atoms with Crippen LogP contribution in [-0.4, -0.2) is 18.8 Å². The molecule has 4 aromatic rings. The number of hydrogen-bond acceptors (Lipinski definition) is 4. The normalized spacial score (nSPS) is 10.3. The summed E-state index contributed by atoms with van der Waals surface area (Å²) in [6.07, 6.45) is 0. The molecule has 0 aliphatic carbocycles. The van der Waals surface area contributed by atoms with Crippen molar-refractivity contribution in [3.05, 3.63) is 120 Å². The number of carbonyl (C=O) groups excluding carboxylic acids is 2. The first kappa shape index (κ1) is 20.9. The van der Waals surface area contributed by atoms with Gasteiger partial charge in [-0.3, -0.25) is 9.59 Å². The highest BCUT2D eigenvalue weighted by molar-refractivity contribution is 6.09. The van der Waals surface area contributed by atoms with E-state index in [0.717, 1.165) is 11.4 Å². The second kappa shape index (κ2) is 9.62. The second-order valence-electron chi connectivity index (χ2n) is 7.13. The molecule has 0 aliphatic rings. The van der Waals surface area contributed by atoms with Crippen molar-refractivity contribution in [1.82, 2.24) is 0 Å². The number of ketones is 1. The molecule has 0 fully saturated rings. The number of para-hydroxylation sites is 2. The Morgan fingerprint density at radius 1 is 0.625 bits per heavy atom. The van der Waals surface area contributed by atoms with E-state index in [4.69, 9.17) is 4.74 Å². The van der Waals surface area contributed by atoms with Gasteiger partial charge in [-0.1, -0.05) is 42.5 Å². The average molecular weight is 422 g/mol. The van der Waals surface area contributed by atoms with Gasteiger partial charge in [-0.15, -0.1) is 0 Å². The number of nitrogens with one attached hydrogen (secondary N) is 2. The van der Waals surface area contributed by atoms with Gasteiger partial charge in [0.15, 0.2) is 5.78 Å². The van der Waals surface area contributed by atoms with Gasteiger partial charge in [0.1, 0.15) is 5.75 Å². The molecule has 32 heavy (non-hydrogen) atoms. The molecule has 0 radical (unpaired) electrons. The van der Waals surface area contributed by atoms with Crippen molar-refractivity contribution in [2.45, 2.75) is 0 Å². The molecule has 2 N–H and O–H groups in total. The maximum Gasteiger partial charge on any atom is 0.255 e. The molecule has 158 valence electrons. The molecule has 0 bridgehead atoms. The van der Waals surface area contributed by atoms with Gasteiger partial charge in [0.05, 0.1) is 12.8 Å². The predicted octanol–water partition coefficient (Wildman–Crippen LogP) is 5.92. The number of ether oxygens (including phenoxy) is 1. The summed E-state index contributed by atoms with van der Waals surface area (Å²) in [5, 5.41) is 6.14.